The highest BCUT2D eigenvalue weighted by Gasteiger charge is 1.88. The van der Waals surface area contributed by atoms with Gasteiger partial charge < -0.3 is 15.0 Å². The highest BCUT2D eigenvalue weighted by atomic mass is 16.4. The van der Waals surface area contributed by atoms with E-state index in [1.165, 1.54) is 0 Å². The summed E-state index contributed by atoms with van der Waals surface area (Å²) in [4.78, 5) is 7.07. The van der Waals surface area contributed by atoms with Crippen molar-refractivity contribution in [3.05, 3.63) is 30.6 Å². The van der Waals surface area contributed by atoms with E-state index in [9.17, 15) is 0 Å². The summed E-state index contributed by atoms with van der Waals surface area (Å²) in [5.74, 6) is 0. The normalized spacial score (nSPS) is 8.83. The zero-order chi connectivity index (χ0) is 8.81. The molecule has 0 bridgehead atoms. The van der Waals surface area contributed by atoms with Crippen LogP contribution in [0.25, 0.3) is 11.0 Å². The van der Waals surface area contributed by atoms with Gasteiger partial charge in [-0.3, -0.25) is 0 Å². The lowest BCUT2D eigenvalue weighted by Gasteiger charge is -1.81. The summed E-state index contributed by atoms with van der Waals surface area (Å²) in [6, 6.07) is 7.94. The molecule has 2 rings (SSSR count). The van der Waals surface area contributed by atoms with Crippen LogP contribution in [-0.2, 0) is 0 Å². The molecule has 0 atom stereocenters. The van der Waals surface area contributed by atoms with Gasteiger partial charge in [-0.2, -0.15) is 0 Å². The van der Waals surface area contributed by atoms with E-state index in [2.05, 4.69) is 9.97 Å². The summed E-state index contributed by atoms with van der Waals surface area (Å²) in [6.45, 7) is 0. The zero-order valence-corrected chi connectivity index (χ0v) is 6.31. The number of hydrogen-bond donors (Lipinski definition) is 3. The molecule has 1 aromatic heterocycles. The molecule has 2 aromatic rings. The molecular formula is C7H8BN2O2. The molecule has 3 N–H and O–H groups in total. The number of para-hydroxylation sites is 2. The Labute approximate surface area is 70.2 Å². The van der Waals surface area contributed by atoms with Crippen LogP contribution in [0.2, 0.25) is 0 Å². The van der Waals surface area contributed by atoms with Crippen LogP contribution < -0.4 is 0 Å². The van der Waals surface area contributed by atoms with Gasteiger partial charge in [0.25, 0.3) is 0 Å². The van der Waals surface area contributed by atoms with Crippen molar-refractivity contribution in [2.75, 3.05) is 0 Å². The van der Waals surface area contributed by atoms with Gasteiger partial charge in [-0.1, -0.05) is 12.1 Å². The largest absolute Gasteiger partial charge is 0.482 e. The fraction of sp³-hybridized carbons (Fsp3) is 0. The van der Waals surface area contributed by atoms with Crippen LogP contribution in [0.4, 0.5) is 0 Å². The van der Waals surface area contributed by atoms with Crippen molar-refractivity contribution in [3.63, 3.8) is 0 Å². The van der Waals surface area contributed by atoms with Crippen molar-refractivity contribution in [3.8, 4) is 0 Å². The third kappa shape index (κ3) is 2.08. The number of aromatic amines is 1. The van der Waals surface area contributed by atoms with Crippen molar-refractivity contribution in [1.29, 1.82) is 0 Å². The molecular weight excluding hydrogens is 155 g/mol. The van der Waals surface area contributed by atoms with Gasteiger partial charge in [0.15, 0.2) is 0 Å². The minimum absolute atomic E-state index is 0. The molecule has 4 nitrogen and oxygen atoms in total. The van der Waals surface area contributed by atoms with Gasteiger partial charge in [-0.25, -0.2) is 4.98 Å². The van der Waals surface area contributed by atoms with Crippen molar-refractivity contribution in [2.24, 2.45) is 0 Å². The summed E-state index contributed by atoms with van der Waals surface area (Å²) in [7, 11) is 0. The predicted octanol–water partition coefficient (Wildman–Crippen LogP) is 0.0681. The van der Waals surface area contributed by atoms with E-state index in [-0.39, 0.29) is 7.69 Å². The summed E-state index contributed by atoms with van der Waals surface area (Å²) < 4.78 is 0. The zero-order valence-electron chi connectivity index (χ0n) is 6.31. The average Bonchev–Trinajstić information content (AvgIpc) is 2.52. The van der Waals surface area contributed by atoms with Gasteiger partial charge in [-0.05, 0) is 12.1 Å². The molecule has 12 heavy (non-hydrogen) atoms. The first-order chi connectivity index (χ1) is 5.88. The van der Waals surface area contributed by atoms with E-state index in [0.717, 1.165) is 11.0 Å². The second-order valence-electron chi connectivity index (χ2n) is 2.04. The Hall–Kier alpha value is -1.33. The standard InChI is InChI=1S/C7H6N2.BH2O2/c1-2-4-7-6(3-1)8-5-9-7;2-1-3/h1-5H,(H,8,9);2-3H. The Morgan fingerprint density at radius 2 is 1.92 bits per heavy atom. The number of nitrogens with zero attached hydrogens (tertiary/aromatic N) is 1. The molecule has 1 aromatic carbocycles. The van der Waals surface area contributed by atoms with Crippen molar-refractivity contribution < 1.29 is 10.0 Å². The molecule has 0 aliphatic carbocycles. The Bertz CT molecular complexity index is 306. The highest BCUT2D eigenvalue weighted by Crippen LogP contribution is 2.05. The van der Waals surface area contributed by atoms with Crippen molar-refractivity contribution in [2.45, 2.75) is 0 Å². The van der Waals surface area contributed by atoms with E-state index in [1.54, 1.807) is 6.33 Å². The smallest absolute Gasteiger partial charge is 0.429 e. The molecule has 0 aliphatic rings. The Balaban J connectivity index is 0.000000213. The Kier molecular flexibility index (Phi) is 3.31. The van der Waals surface area contributed by atoms with E-state index in [1.807, 2.05) is 24.3 Å². The summed E-state index contributed by atoms with van der Waals surface area (Å²) in [5, 5.41) is 14.0. The molecule has 1 radical (unpaired) electrons. The van der Waals surface area contributed by atoms with Gasteiger partial charge in [0, 0.05) is 0 Å². The topological polar surface area (TPSA) is 69.1 Å². The number of fused-ring (bicyclic) bond motifs is 1. The van der Waals surface area contributed by atoms with Gasteiger partial charge >= 0.3 is 7.69 Å². The van der Waals surface area contributed by atoms with E-state index >= 15 is 0 Å². The third-order valence-electron chi connectivity index (χ3n) is 1.33. The summed E-state index contributed by atoms with van der Waals surface area (Å²) >= 11 is 0. The Morgan fingerprint density at radius 3 is 2.58 bits per heavy atom. The second kappa shape index (κ2) is 4.53. The fourth-order valence-electron chi connectivity index (χ4n) is 0.880. The number of aromatic nitrogens is 2. The molecule has 61 valence electrons. The van der Waals surface area contributed by atoms with Crippen LogP contribution in [0, 0.1) is 0 Å². The maximum atomic E-state index is 7.00. The lowest BCUT2D eigenvalue weighted by molar-refractivity contribution is 0.448. The minimum Gasteiger partial charge on any atom is -0.429 e. The number of nitrogens with one attached hydrogen (secondary N) is 1. The van der Waals surface area contributed by atoms with Crippen molar-refractivity contribution >= 4 is 18.7 Å². The summed E-state index contributed by atoms with van der Waals surface area (Å²) in [5.41, 5.74) is 2.12. The number of imidazole rings is 1. The molecule has 1 heterocycles. The Morgan fingerprint density at radius 1 is 1.25 bits per heavy atom. The van der Waals surface area contributed by atoms with Gasteiger partial charge in [0.05, 0.1) is 17.4 Å². The summed E-state index contributed by atoms with van der Waals surface area (Å²) in [6.07, 6.45) is 1.70. The van der Waals surface area contributed by atoms with Crippen LogP contribution in [0.5, 0.6) is 0 Å². The molecule has 5 heteroatoms. The van der Waals surface area contributed by atoms with Crippen LogP contribution in [-0.4, -0.2) is 27.7 Å². The first-order valence-corrected chi connectivity index (χ1v) is 3.36. The molecule has 0 unspecified atom stereocenters. The van der Waals surface area contributed by atoms with E-state index in [0.29, 0.717) is 0 Å². The van der Waals surface area contributed by atoms with Gasteiger partial charge in [0.1, 0.15) is 0 Å². The number of H-pyrrole nitrogens is 1. The molecule has 0 saturated carbocycles. The first kappa shape index (κ1) is 8.77. The second-order valence-corrected chi connectivity index (χ2v) is 2.04. The SMILES string of the molecule is O[B]O.c1ccc2[nH]cnc2c1. The van der Waals surface area contributed by atoms with Crippen LogP contribution in [0.15, 0.2) is 30.6 Å². The van der Waals surface area contributed by atoms with Crippen LogP contribution >= 0.6 is 0 Å². The van der Waals surface area contributed by atoms with Gasteiger partial charge in [0.2, 0.25) is 0 Å². The lowest BCUT2D eigenvalue weighted by atomic mass is 10.3. The quantitative estimate of drug-likeness (QED) is 0.481. The number of rotatable bonds is 0. The third-order valence-corrected chi connectivity index (χ3v) is 1.33. The minimum atomic E-state index is 0. The lowest BCUT2D eigenvalue weighted by Crippen LogP contribution is -1.75. The van der Waals surface area contributed by atoms with Gasteiger partial charge in [-0.15, -0.1) is 0 Å². The number of benzene rings is 1. The monoisotopic (exact) mass is 163 g/mol. The van der Waals surface area contributed by atoms with Crippen molar-refractivity contribution in [1.82, 2.24) is 9.97 Å². The molecule has 0 aliphatic heterocycles. The highest BCUT2D eigenvalue weighted by molar-refractivity contribution is 6.13. The van der Waals surface area contributed by atoms with E-state index in [4.69, 9.17) is 10.0 Å². The van der Waals surface area contributed by atoms with Crippen LogP contribution in [0.3, 0.4) is 0 Å². The van der Waals surface area contributed by atoms with Crippen LogP contribution in [0.1, 0.15) is 0 Å². The maximum absolute atomic E-state index is 7.00. The molecule has 0 fully saturated rings. The average molecular weight is 163 g/mol. The molecule has 0 saturated heterocycles. The fourth-order valence-corrected chi connectivity index (χ4v) is 0.880. The predicted molar refractivity (Wildman–Crippen MR) is 46.3 cm³/mol. The molecule has 0 spiro atoms. The number of hydrogen-bond acceptors (Lipinski definition) is 3. The maximum Gasteiger partial charge on any atom is 0.482 e. The van der Waals surface area contributed by atoms with E-state index < -0.39 is 0 Å². The molecule has 0 amide bonds. The first-order valence-electron chi connectivity index (χ1n) is 3.36.